The van der Waals surface area contributed by atoms with Crippen LogP contribution in [0.2, 0.25) is 0 Å². The molecule has 0 unspecified atom stereocenters. The summed E-state index contributed by atoms with van der Waals surface area (Å²) in [6.45, 7) is 9.39. The van der Waals surface area contributed by atoms with Crippen molar-refractivity contribution in [1.29, 1.82) is 0 Å². The lowest BCUT2D eigenvalue weighted by Gasteiger charge is -2.05. The summed E-state index contributed by atoms with van der Waals surface area (Å²) in [5, 5.41) is 16.7. The van der Waals surface area contributed by atoms with Crippen LogP contribution in [0.15, 0.2) is 0 Å². The van der Waals surface area contributed by atoms with Crippen LogP contribution in [0, 0.1) is 0 Å². The van der Waals surface area contributed by atoms with Crippen LogP contribution in [0.1, 0.15) is 22.1 Å². The van der Waals surface area contributed by atoms with Crippen molar-refractivity contribution >= 4 is 0 Å². The molecule has 0 aliphatic heterocycles. The molecule has 27 heavy (non-hydrogen) atoms. The molecule has 0 aliphatic carbocycles. The van der Waals surface area contributed by atoms with E-state index in [2.05, 4.69) is 6.92 Å². The van der Waals surface area contributed by atoms with E-state index in [1.54, 1.807) is 0 Å². The molecule has 4 N–H and O–H groups in total. The van der Waals surface area contributed by atoms with E-state index >= 15 is 0 Å². The van der Waals surface area contributed by atoms with Gasteiger partial charge in [-0.1, -0.05) is 14.3 Å². The van der Waals surface area contributed by atoms with Crippen LogP contribution in [-0.4, -0.2) is 109 Å². The molecule has 0 aromatic heterocycles. The Kier molecular flexibility index (Phi) is 35.5. The highest BCUT2D eigenvalue weighted by molar-refractivity contribution is 4.35. The Balaban J connectivity index is -0.000000410. The van der Waals surface area contributed by atoms with E-state index in [1.165, 1.54) is 7.40 Å². The van der Waals surface area contributed by atoms with Gasteiger partial charge in [0, 0.05) is 14.5 Å². The van der Waals surface area contributed by atoms with Crippen molar-refractivity contribution in [3.05, 3.63) is 0 Å². The van der Waals surface area contributed by atoms with Gasteiger partial charge in [0.15, 0.2) is 0 Å². The monoisotopic (exact) mass is 402 g/mol. The highest BCUT2D eigenvalue weighted by atomic mass is 16.6. The molecule has 9 nitrogen and oxygen atoms in total. The second-order valence-electron chi connectivity index (χ2n) is 4.91. The molecule has 0 atom stereocenters. The number of hydrogen-bond donors (Lipinski definition) is 3. The van der Waals surface area contributed by atoms with Gasteiger partial charge in [-0.05, 0) is 6.42 Å². The number of rotatable bonds is 20. The Morgan fingerprint density at radius 1 is 0.593 bits per heavy atom. The van der Waals surface area contributed by atoms with Crippen molar-refractivity contribution in [2.45, 2.75) is 20.7 Å². The number of nitrogens with two attached hydrogens (primary N) is 1. The number of aliphatic hydroxyl groups is 2. The van der Waals surface area contributed by atoms with Gasteiger partial charge in [-0.15, -0.1) is 0 Å². The van der Waals surface area contributed by atoms with E-state index in [9.17, 15) is 0 Å². The van der Waals surface area contributed by atoms with E-state index in [1.807, 2.05) is 0 Å². The van der Waals surface area contributed by atoms with Crippen LogP contribution < -0.4 is 5.73 Å². The Morgan fingerprint density at radius 3 is 1.19 bits per heavy atom. The highest BCUT2D eigenvalue weighted by Gasteiger charge is 1.90. The maximum absolute atomic E-state index is 8.38. The topological polar surface area (TPSA) is 122 Å². The van der Waals surface area contributed by atoms with Gasteiger partial charge < -0.3 is 44.4 Å². The van der Waals surface area contributed by atoms with Crippen LogP contribution in [0.25, 0.3) is 0 Å². The van der Waals surface area contributed by atoms with Crippen LogP contribution in [0.4, 0.5) is 0 Å². The molecule has 0 aliphatic rings. The van der Waals surface area contributed by atoms with Gasteiger partial charge in [0.2, 0.25) is 0 Å². The summed E-state index contributed by atoms with van der Waals surface area (Å²) in [6, 6.07) is 0. The fourth-order valence-corrected chi connectivity index (χ4v) is 1.44. The van der Waals surface area contributed by atoms with Gasteiger partial charge in [0.05, 0.1) is 85.9 Å². The Morgan fingerprint density at radius 2 is 0.889 bits per heavy atom. The van der Waals surface area contributed by atoms with Crippen molar-refractivity contribution in [3.63, 3.8) is 0 Å². The summed E-state index contributed by atoms with van der Waals surface area (Å²) < 4.78 is 36.4. The van der Waals surface area contributed by atoms with Gasteiger partial charge in [0.25, 0.3) is 0 Å². The normalized spacial score (nSPS) is 10.5. The van der Waals surface area contributed by atoms with Gasteiger partial charge in [0.1, 0.15) is 0 Å². The summed E-state index contributed by atoms with van der Waals surface area (Å²) in [5.41, 5.74) is 5.21. The van der Waals surface area contributed by atoms with Crippen LogP contribution in [-0.2, 0) is 28.4 Å². The predicted molar refractivity (Wildman–Crippen MR) is 105 cm³/mol. The smallest absolute Gasteiger partial charge is 0.0701 e. The molecule has 0 radical (unpaired) electrons. The second-order valence-corrected chi connectivity index (χ2v) is 4.91. The van der Waals surface area contributed by atoms with E-state index in [-0.39, 0.29) is 13.2 Å². The Labute approximate surface area is 166 Å². The molecule has 0 fully saturated rings. The van der Waals surface area contributed by atoms with Crippen LogP contribution >= 0.6 is 0 Å². The first-order valence-corrected chi connectivity index (χ1v) is 9.21. The average molecular weight is 403 g/mol. The predicted octanol–water partition coefficient (Wildman–Crippen LogP) is 0.0618. The minimum absolute atomic E-state index is 0.0552. The van der Waals surface area contributed by atoms with Crippen LogP contribution in [0.3, 0.4) is 0 Å². The lowest BCUT2D eigenvalue weighted by atomic mass is 10.5. The summed E-state index contributed by atoms with van der Waals surface area (Å²) in [6.07, 6.45) is 1.04. The summed E-state index contributed by atoms with van der Waals surface area (Å²) in [4.78, 5) is 0. The zero-order valence-corrected chi connectivity index (χ0v) is 17.2. The first kappa shape index (κ1) is 28.8. The van der Waals surface area contributed by atoms with Crippen molar-refractivity contribution in [3.8, 4) is 0 Å². The number of aliphatic hydroxyl groups excluding tert-OH is 2. The average Bonchev–Trinajstić information content (AvgIpc) is 2.73. The van der Waals surface area contributed by atoms with E-state index in [0.717, 1.165) is 13.0 Å². The maximum atomic E-state index is 8.38. The quantitative estimate of drug-likeness (QED) is 0.243. The zero-order chi connectivity index (χ0) is 21.6. The van der Waals surface area contributed by atoms with Crippen molar-refractivity contribution < 1.29 is 40.0 Å². The van der Waals surface area contributed by atoms with E-state index in [4.69, 9.17) is 45.7 Å². The summed E-state index contributed by atoms with van der Waals surface area (Å²) in [7, 11) is 1.25. The first-order valence-electron chi connectivity index (χ1n) is 10.2. The molecule has 9 heteroatoms. The first-order chi connectivity index (χ1) is 13.8. The molecule has 0 spiro atoms. The van der Waals surface area contributed by atoms with Crippen LogP contribution in [0.5, 0.6) is 0 Å². The molecule has 0 bridgehead atoms. The fraction of sp³-hybridized carbons (Fsp3) is 1.00. The van der Waals surface area contributed by atoms with Gasteiger partial charge in [-0.25, -0.2) is 0 Å². The third kappa shape index (κ3) is 37.1. The molecular weight excluding hydrogens is 358 g/mol. The van der Waals surface area contributed by atoms with Gasteiger partial charge in [-0.2, -0.15) is 0 Å². The highest BCUT2D eigenvalue weighted by Crippen LogP contribution is 1.83. The minimum atomic E-state index is 0.0552. The van der Waals surface area contributed by atoms with E-state index in [0.29, 0.717) is 79.2 Å². The third-order valence-corrected chi connectivity index (χ3v) is 2.57. The lowest BCUT2D eigenvalue weighted by Crippen LogP contribution is -2.14. The zero-order valence-electron chi connectivity index (χ0n) is 18.2. The lowest BCUT2D eigenvalue weighted by molar-refractivity contribution is 0.00783. The maximum Gasteiger partial charge on any atom is 0.0701 e. The Hall–Kier alpha value is -0.360. The fourth-order valence-electron chi connectivity index (χ4n) is 1.44. The van der Waals surface area contributed by atoms with Gasteiger partial charge in [-0.3, -0.25) is 0 Å². The molecule has 0 aromatic rings. The standard InChI is InChI=1S/C9H20O4.C8H19NO4.CH4/c1-2-4-11-6-8-13-9-7-12-5-3-10;9-1-3-11-5-7-13-8-6-12-4-2-10;/h10H,2-9H2,1H3;10H,1-9H2;1H4/i;;1D. The molecular formula is C18H43NO8. The molecule has 0 heterocycles. The molecule has 0 aromatic carbocycles. The second kappa shape index (κ2) is 33.2. The molecule has 168 valence electrons. The molecule has 0 saturated carbocycles. The van der Waals surface area contributed by atoms with Crippen molar-refractivity contribution in [2.75, 3.05) is 99.0 Å². The summed E-state index contributed by atoms with van der Waals surface area (Å²) >= 11 is 0. The third-order valence-electron chi connectivity index (χ3n) is 2.57. The summed E-state index contributed by atoms with van der Waals surface area (Å²) in [5.74, 6) is 0. The molecule has 0 saturated heterocycles. The van der Waals surface area contributed by atoms with Crippen molar-refractivity contribution in [1.82, 2.24) is 0 Å². The molecule has 0 amide bonds. The van der Waals surface area contributed by atoms with Crippen molar-refractivity contribution in [2.24, 2.45) is 5.73 Å². The van der Waals surface area contributed by atoms with E-state index < -0.39 is 0 Å². The minimum Gasteiger partial charge on any atom is -0.394 e. The SMILES string of the molecule is CCCOCCOCCOCCO.NCCOCCOCCOCCO.[2H]C. The molecule has 0 rings (SSSR count). The van der Waals surface area contributed by atoms with Gasteiger partial charge >= 0.3 is 0 Å². The largest absolute Gasteiger partial charge is 0.394 e. The Bertz CT molecular complexity index is 190. The number of hydrogen-bond acceptors (Lipinski definition) is 9. The number of ether oxygens (including phenoxy) is 6.